The molecule has 2 aromatic heterocycles. The molecule has 4 rings (SSSR count). The molecule has 3 amide bonds. The van der Waals surface area contributed by atoms with Crippen molar-refractivity contribution in [1.82, 2.24) is 25.2 Å². The first-order valence-electron chi connectivity index (χ1n) is 9.55. The topological polar surface area (TPSA) is 106 Å². The summed E-state index contributed by atoms with van der Waals surface area (Å²) in [6.07, 6.45) is 5.26. The molecule has 0 radical (unpaired) electrons. The fraction of sp³-hybridized carbons (Fsp3) is 0.300. The van der Waals surface area contributed by atoms with Crippen molar-refractivity contribution in [3.05, 3.63) is 48.9 Å². The minimum atomic E-state index is -0.653. The summed E-state index contributed by atoms with van der Waals surface area (Å²) in [7, 11) is 0. The van der Waals surface area contributed by atoms with Crippen LogP contribution < -0.4 is 15.5 Å². The van der Waals surface area contributed by atoms with Crippen molar-refractivity contribution in [2.75, 3.05) is 36.4 Å². The average molecular weight is 393 g/mol. The molecule has 0 bridgehead atoms. The summed E-state index contributed by atoms with van der Waals surface area (Å²) in [6.45, 7) is 4.06. The highest BCUT2D eigenvalue weighted by Gasteiger charge is 2.25. The lowest BCUT2D eigenvalue weighted by molar-refractivity contribution is -0.117. The first-order chi connectivity index (χ1) is 14.1. The van der Waals surface area contributed by atoms with Crippen molar-refractivity contribution >= 4 is 34.5 Å². The smallest absolute Gasteiger partial charge is 0.318 e. The van der Waals surface area contributed by atoms with E-state index in [9.17, 15) is 9.59 Å². The van der Waals surface area contributed by atoms with Crippen LogP contribution >= 0.6 is 0 Å². The molecule has 1 aliphatic rings. The van der Waals surface area contributed by atoms with Gasteiger partial charge in [-0.05, 0) is 37.3 Å². The van der Waals surface area contributed by atoms with Crippen molar-refractivity contribution in [1.29, 1.82) is 0 Å². The van der Waals surface area contributed by atoms with Crippen LogP contribution in [0.5, 0.6) is 0 Å². The average Bonchev–Trinajstić information content (AvgIpc) is 3.22. The van der Waals surface area contributed by atoms with Crippen LogP contribution in [0.15, 0.2) is 48.9 Å². The van der Waals surface area contributed by atoms with Gasteiger partial charge in [0.2, 0.25) is 11.9 Å². The van der Waals surface area contributed by atoms with Crippen LogP contribution in [0.1, 0.15) is 6.92 Å². The van der Waals surface area contributed by atoms with Crippen molar-refractivity contribution in [3.8, 4) is 0 Å². The lowest BCUT2D eigenvalue weighted by Gasteiger charge is -2.35. The number of nitrogens with one attached hydrogen (secondary N) is 3. The second kappa shape index (κ2) is 8.17. The Kier molecular flexibility index (Phi) is 5.28. The van der Waals surface area contributed by atoms with Gasteiger partial charge < -0.3 is 25.4 Å². The molecule has 3 N–H and O–H groups in total. The SMILES string of the molecule is CC(NC(=O)N1CCN(c2ncccn2)CC1)C(=O)Nc1ccc2[nH]ccc2c1. The molecule has 3 heterocycles. The van der Waals surface area contributed by atoms with E-state index in [1.807, 2.05) is 35.4 Å². The maximum absolute atomic E-state index is 12.5. The molecule has 0 aliphatic carbocycles. The van der Waals surface area contributed by atoms with Gasteiger partial charge >= 0.3 is 6.03 Å². The van der Waals surface area contributed by atoms with Gasteiger partial charge in [0.15, 0.2) is 0 Å². The van der Waals surface area contributed by atoms with Crippen molar-refractivity contribution < 1.29 is 9.59 Å². The van der Waals surface area contributed by atoms with Gasteiger partial charge in [-0.15, -0.1) is 0 Å². The Morgan fingerprint density at radius 1 is 1.10 bits per heavy atom. The number of rotatable bonds is 4. The molecule has 1 aliphatic heterocycles. The van der Waals surface area contributed by atoms with E-state index in [4.69, 9.17) is 0 Å². The maximum atomic E-state index is 12.5. The highest BCUT2D eigenvalue weighted by Crippen LogP contribution is 2.18. The molecule has 1 saturated heterocycles. The second-order valence-electron chi connectivity index (χ2n) is 6.96. The zero-order valence-electron chi connectivity index (χ0n) is 16.1. The number of benzene rings is 1. The van der Waals surface area contributed by atoms with E-state index in [1.165, 1.54) is 0 Å². The summed E-state index contributed by atoms with van der Waals surface area (Å²) < 4.78 is 0. The van der Waals surface area contributed by atoms with Crippen LogP contribution in [-0.2, 0) is 4.79 Å². The molecule has 0 spiro atoms. The molecule has 29 heavy (non-hydrogen) atoms. The standard InChI is InChI=1S/C20H23N7O2/c1-14(18(28)25-16-3-4-17-15(13-16)5-8-21-17)24-20(29)27-11-9-26(10-12-27)19-22-6-2-7-23-19/h2-8,13-14,21H,9-12H2,1H3,(H,24,29)(H,25,28). The number of urea groups is 1. The Morgan fingerprint density at radius 2 is 1.86 bits per heavy atom. The monoisotopic (exact) mass is 393 g/mol. The molecule has 9 nitrogen and oxygen atoms in total. The van der Waals surface area contributed by atoms with Crippen LogP contribution in [0, 0.1) is 0 Å². The number of piperazine rings is 1. The normalized spacial score (nSPS) is 15.2. The first kappa shape index (κ1) is 18.7. The van der Waals surface area contributed by atoms with Gasteiger partial charge in [-0.25, -0.2) is 14.8 Å². The first-order valence-corrected chi connectivity index (χ1v) is 9.55. The largest absolute Gasteiger partial charge is 0.361 e. The molecule has 1 fully saturated rings. The molecule has 150 valence electrons. The van der Waals surface area contributed by atoms with Gasteiger partial charge in [0.1, 0.15) is 6.04 Å². The minimum absolute atomic E-state index is 0.248. The second-order valence-corrected chi connectivity index (χ2v) is 6.96. The Morgan fingerprint density at radius 3 is 2.62 bits per heavy atom. The zero-order valence-corrected chi connectivity index (χ0v) is 16.1. The van der Waals surface area contributed by atoms with E-state index in [2.05, 4.69) is 25.6 Å². The van der Waals surface area contributed by atoms with E-state index in [0.717, 1.165) is 10.9 Å². The van der Waals surface area contributed by atoms with Gasteiger partial charge in [0, 0.05) is 61.4 Å². The number of hydrogen-bond acceptors (Lipinski definition) is 5. The van der Waals surface area contributed by atoms with E-state index in [-0.39, 0.29) is 11.9 Å². The molecule has 9 heteroatoms. The predicted molar refractivity (Wildman–Crippen MR) is 111 cm³/mol. The molecular weight excluding hydrogens is 370 g/mol. The Labute approximate surface area is 168 Å². The zero-order chi connectivity index (χ0) is 20.2. The lowest BCUT2D eigenvalue weighted by Crippen LogP contribution is -2.55. The highest BCUT2D eigenvalue weighted by atomic mass is 16.2. The third kappa shape index (κ3) is 4.29. The number of fused-ring (bicyclic) bond motifs is 1. The molecule has 1 atom stereocenters. The molecule has 0 saturated carbocycles. The van der Waals surface area contributed by atoms with E-state index >= 15 is 0 Å². The molecule has 3 aromatic rings. The molecule has 1 unspecified atom stereocenters. The van der Waals surface area contributed by atoms with Crippen molar-refractivity contribution in [2.45, 2.75) is 13.0 Å². The molecule has 1 aromatic carbocycles. The van der Waals surface area contributed by atoms with Crippen molar-refractivity contribution in [3.63, 3.8) is 0 Å². The highest BCUT2D eigenvalue weighted by molar-refractivity contribution is 5.98. The number of nitrogens with zero attached hydrogens (tertiary/aromatic N) is 4. The van der Waals surface area contributed by atoms with E-state index < -0.39 is 6.04 Å². The van der Waals surface area contributed by atoms with Gasteiger partial charge in [0.25, 0.3) is 0 Å². The fourth-order valence-electron chi connectivity index (χ4n) is 3.29. The van der Waals surface area contributed by atoms with Crippen LogP contribution in [-0.4, -0.2) is 64.0 Å². The third-order valence-corrected chi connectivity index (χ3v) is 4.96. The number of hydrogen-bond donors (Lipinski definition) is 3. The predicted octanol–water partition coefficient (Wildman–Crippen LogP) is 1.82. The van der Waals surface area contributed by atoms with Crippen LogP contribution in [0.4, 0.5) is 16.4 Å². The summed E-state index contributed by atoms with van der Waals surface area (Å²) in [5.74, 6) is 0.407. The van der Waals surface area contributed by atoms with Gasteiger partial charge in [-0.1, -0.05) is 0 Å². The summed E-state index contributed by atoms with van der Waals surface area (Å²) in [4.78, 5) is 40.3. The number of aromatic nitrogens is 3. The summed E-state index contributed by atoms with van der Waals surface area (Å²) in [5, 5.41) is 6.64. The Hall–Kier alpha value is -3.62. The summed E-state index contributed by atoms with van der Waals surface area (Å²) in [5.41, 5.74) is 1.70. The van der Waals surface area contributed by atoms with Gasteiger partial charge in [-0.3, -0.25) is 4.79 Å². The summed E-state index contributed by atoms with van der Waals surface area (Å²) >= 11 is 0. The number of anilines is 2. The van der Waals surface area contributed by atoms with Crippen LogP contribution in [0.2, 0.25) is 0 Å². The quantitative estimate of drug-likeness (QED) is 0.627. The van der Waals surface area contributed by atoms with Crippen LogP contribution in [0.25, 0.3) is 10.9 Å². The third-order valence-electron chi connectivity index (χ3n) is 4.96. The summed E-state index contributed by atoms with van der Waals surface area (Å²) in [6, 6.07) is 8.44. The van der Waals surface area contributed by atoms with Gasteiger partial charge in [0.05, 0.1) is 0 Å². The van der Waals surface area contributed by atoms with Gasteiger partial charge in [-0.2, -0.15) is 0 Å². The van der Waals surface area contributed by atoms with E-state index in [0.29, 0.717) is 37.8 Å². The lowest BCUT2D eigenvalue weighted by atomic mass is 10.2. The maximum Gasteiger partial charge on any atom is 0.318 e. The fourth-order valence-corrected chi connectivity index (χ4v) is 3.29. The number of aromatic amines is 1. The molecular formula is C20H23N7O2. The Balaban J connectivity index is 1.28. The Bertz CT molecular complexity index is 996. The minimum Gasteiger partial charge on any atom is -0.361 e. The number of amides is 3. The number of H-pyrrole nitrogens is 1. The van der Waals surface area contributed by atoms with E-state index in [1.54, 1.807) is 30.3 Å². The van der Waals surface area contributed by atoms with Crippen LogP contribution in [0.3, 0.4) is 0 Å². The number of carbonyl (C=O) groups is 2. The number of carbonyl (C=O) groups excluding carboxylic acids is 2. The van der Waals surface area contributed by atoms with Crippen molar-refractivity contribution in [2.24, 2.45) is 0 Å².